The molecule has 6 heavy (non-hydrogen) atoms. The van der Waals surface area contributed by atoms with Crippen LogP contribution in [0.2, 0.25) is 0 Å². The topological polar surface area (TPSA) is 32.6 Å². The van der Waals surface area contributed by atoms with Crippen LogP contribution in [0.4, 0.5) is 0 Å². The highest BCUT2D eigenvalue weighted by Gasteiger charge is 1.78. The average molecular weight is 105 g/mol. The Bertz CT molecular complexity index is 61.8. The molecule has 0 spiro atoms. The molecule has 0 saturated carbocycles. The highest BCUT2D eigenvalue weighted by molar-refractivity contribution is 7.81. The normalized spacial score (nSPS) is 12.0. The third kappa shape index (κ3) is 2.08. The van der Waals surface area contributed by atoms with Crippen LogP contribution >= 0.6 is 12.6 Å². The summed E-state index contributed by atoms with van der Waals surface area (Å²) < 4.78 is 0. The van der Waals surface area contributed by atoms with Crippen LogP contribution in [0.25, 0.3) is 0 Å². The maximum absolute atomic E-state index is 7.87. The zero-order valence-corrected chi connectivity index (χ0v) is 4.44. The van der Waals surface area contributed by atoms with Crippen LogP contribution in [-0.4, -0.2) is 16.7 Å². The largest absolute Gasteiger partial charge is 0.411 e. The number of thiol groups is 1. The van der Waals surface area contributed by atoms with E-state index in [1.54, 1.807) is 6.92 Å². The van der Waals surface area contributed by atoms with Crippen LogP contribution in [-0.2, 0) is 0 Å². The Morgan fingerprint density at radius 1 is 2.00 bits per heavy atom. The molecule has 0 fully saturated rings. The van der Waals surface area contributed by atoms with Gasteiger partial charge >= 0.3 is 0 Å². The lowest BCUT2D eigenvalue weighted by Crippen LogP contribution is -1.89. The Balaban J connectivity index is 3.22. The number of oxime groups is 1. The highest BCUT2D eigenvalue weighted by Crippen LogP contribution is 1.76. The van der Waals surface area contributed by atoms with Crippen molar-refractivity contribution >= 4 is 18.3 Å². The number of rotatable bonds is 1. The Hall–Kier alpha value is -0.180. The van der Waals surface area contributed by atoms with Gasteiger partial charge in [0.05, 0.1) is 5.71 Å². The molecule has 0 atom stereocenters. The van der Waals surface area contributed by atoms with E-state index in [2.05, 4.69) is 17.8 Å². The SMILES string of the molecule is CC(CS)=NO. The summed E-state index contributed by atoms with van der Waals surface area (Å²) in [6, 6.07) is 0. The zero-order valence-electron chi connectivity index (χ0n) is 3.55. The molecular weight excluding hydrogens is 98.1 g/mol. The third-order valence-corrected chi connectivity index (χ3v) is 0.857. The van der Waals surface area contributed by atoms with Crippen LogP contribution in [0.3, 0.4) is 0 Å². The van der Waals surface area contributed by atoms with Crippen LogP contribution in [0.5, 0.6) is 0 Å². The first kappa shape index (κ1) is 5.82. The summed E-state index contributed by atoms with van der Waals surface area (Å²) in [6.07, 6.45) is 0. The number of nitrogens with zero attached hydrogens (tertiary/aromatic N) is 1. The maximum atomic E-state index is 7.87. The van der Waals surface area contributed by atoms with E-state index in [9.17, 15) is 0 Å². The number of hydrogen-bond acceptors (Lipinski definition) is 3. The molecule has 0 heterocycles. The standard InChI is InChI=1S/C3H7NOS/c1-3(2-6)4-5/h5-6H,2H2,1H3. The first-order valence-corrected chi connectivity index (χ1v) is 2.23. The molecule has 1 N–H and O–H groups in total. The molecule has 0 aromatic heterocycles. The van der Waals surface area contributed by atoms with Gasteiger partial charge in [-0.15, -0.1) is 0 Å². The van der Waals surface area contributed by atoms with E-state index in [0.717, 1.165) is 0 Å². The molecule has 0 radical (unpaired) electrons. The Morgan fingerprint density at radius 3 is 2.50 bits per heavy atom. The molecule has 3 heteroatoms. The second-order valence-electron chi connectivity index (χ2n) is 0.993. The maximum Gasteiger partial charge on any atom is 0.0636 e. The van der Waals surface area contributed by atoms with Gasteiger partial charge in [-0.05, 0) is 6.92 Å². The fourth-order valence-corrected chi connectivity index (χ4v) is 0.0949. The van der Waals surface area contributed by atoms with E-state index < -0.39 is 0 Å². The van der Waals surface area contributed by atoms with Crippen molar-refractivity contribution in [2.24, 2.45) is 5.16 Å². The van der Waals surface area contributed by atoms with E-state index in [4.69, 9.17) is 5.21 Å². The molecule has 0 rings (SSSR count). The van der Waals surface area contributed by atoms with Gasteiger partial charge in [-0.3, -0.25) is 0 Å². The van der Waals surface area contributed by atoms with Crippen molar-refractivity contribution in [3.63, 3.8) is 0 Å². The second-order valence-corrected chi connectivity index (χ2v) is 1.31. The van der Waals surface area contributed by atoms with Crippen LogP contribution in [0, 0.1) is 0 Å². The zero-order chi connectivity index (χ0) is 4.99. The molecule has 0 aliphatic carbocycles. The molecule has 0 aromatic rings. The van der Waals surface area contributed by atoms with Gasteiger partial charge in [0.1, 0.15) is 0 Å². The number of hydrogen-bond donors (Lipinski definition) is 2. The summed E-state index contributed by atoms with van der Waals surface area (Å²) in [7, 11) is 0. The summed E-state index contributed by atoms with van der Waals surface area (Å²) in [6.45, 7) is 1.70. The van der Waals surface area contributed by atoms with Crippen molar-refractivity contribution in [3.05, 3.63) is 0 Å². The molecule has 0 aliphatic heterocycles. The van der Waals surface area contributed by atoms with Crippen molar-refractivity contribution in [1.29, 1.82) is 0 Å². The van der Waals surface area contributed by atoms with E-state index in [1.807, 2.05) is 0 Å². The quantitative estimate of drug-likeness (QED) is 0.219. The lowest BCUT2D eigenvalue weighted by atomic mass is 10.5. The molecule has 36 valence electrons. The highest BCUT2D eigenvalue weighted by atomic mass is 32.1. The Kier molecular flexibility index (Phi) is 2.94. The van der Waals surface area contributed by atoms with Gasteiger partial charge in [0.25, 0.3) is 0 Å². The third-order valence-electron chi connectivity index (χ3n) is 0.400. The minimum Gasteiger partial charge on any atom is -0.411 e. The molecule has 2 nitrogen and oxygen atoms in total. The lowest BCUT2D eigenvalue weighted by molar-refractivity contribution is 0.318. The molecule has 0 amide bonds. The van der Waals surface area contributed by atoms with E-state index in [0.29, 0.717) is 11.5 Å². The van der Waals surface area contributed by atoms with Gasteiger partial charge in [-0.1, -0.05) is 5.16 Å². The van der Waals surface area contributed by atoms with Crippen LogP contribution in [0.1, 0.15) is 6.92 Å². The molecule has 0 bridgehead atoms. The van der Waals surface area contributed by atoms with E-state index in [-0.39, 0.29) is 0 Å². The molecular formula is C3H7NOS. The fraction of sp³-hybridized carbons (Fsp3) is 0.667. The van der Waals surface area contributed by atoms with E-state index >= 15 is 0 Å². The van der Waals surface area contributed by atoms with Gasteiger partial charge < -0.3 is 5.21 Å². The summed E-state index contributed by atoms with van der Waals surface area (Å²) in [5.74, 6) is 0.524. The van der Waals surface area contributed by atoms with Crippen molar-refractivity contribution in [3.8, 4) is 0 Å². The molecule has 0 aromatic carbocycles. The predicted octanol–water partition coefficient (Wildman–Crippen LogP) is 0.766. The van der Waals surface area contributed by atoms with Crippen molar-refractivity contribution in [2.45, 2.75) is 6.92 Å². The van der Waals surface area contributed by atoms with Gasteiger partial charge in [0.15, 0.2) is 0 Å². The monoisotopic (exact) mass is 105 g/mol. The van der Waals surface area contributed by atoms with Gasteiger partial charge in [0.2, 0.25) is 0 Å². The van der Waals surface area contributed by atoms with Crippen LogP contribution < -0.4 is 0 Å². The van der Waals surface area contributed by atoms with Crippen LogP contribution in [0.15, 0.2) is 5.16 Å². The Morgan fingerprint density at radius 2 is 2.50 bits per heavy atom. The predicted molar refractivity (Wildman–Crippen MR) is 28.7 cm³/mol. The summed E-state index contributed by atoms with van der Waals surface area (Å²) >= 11 is 3.80. The van der Waals surface area contributed by atoms with Crippen molar-refractivity contribution in [1.82, 2.24) is 0 Å². The Labute approximate surface area is 42.3 Å². The average Bonchev–Trinajstić information content (AvgIpc) is 1.65. The van der Waals surface area contributed by atoms with Gasteiger partial charge in [-0.2, -0.15) is 12.6 Å². The van der Waals surface area contributed by atoms with Crippen molar-refractivity contribution in [2.75, 3.05) is 5.75 Å². The van der Waals surface area contributed by atoms with Gasteiger partial charge in [0, 0.05) is 5.75 Å². The first-order valence-electron chi connectivity index (χ1n) is 1.59. The first-order chi connectivity index (χ1) is 2.81. The van der Waals surface area contributed by atoms with Crippen molar-refractivity contribution < 1.29 is 5.21 Å². The summed E-state index contributed by atoms with van der Waals surface area (Å²) in [4.78, 5) is 0. The summed E-state index contributed by atoms with van der Waals surface area (Å²) in [5.41, 5.74) is 0.637. The molecule has 0 unspecified atom stereocenters. The molecule has 0 aliphatic rings. The molecule has 0 saturated heterocycles. The fourth-order valence-electron chi connectivity index (χ4n) is 0.0316. The second kappa shape index (κ2) is 3.03. The minimum absolute atomic E-state index is 0.524. The van der Waals surface area contributed by atoms with E-state index in [1.165, 1.54) is 0 Å². The smallest absolute Gasteiger partial charge is 0.0636 e. The summed E-state index contributed by atoms with van der Waals surface area (Å²) in [5, 5.41) is 10.7. The minimum atomic E-state index is 0.524. The lowest BCUT2D eigenvalue weighted by Gasteiger charge is -1.81. The van der Waals surface area contributed by atoms with Gasteiger partial charge in [-0.25, -0.2) is 0 Å².